The number of nitriles is 1. The Morgan fingerprint density at radius 1 is 1.32 bits per heavy atom. The molecule has 2 aromatic heterocycles. The standard InChI is InChI=1S/C17H17N5O3/c18-10-15-17(20-8-7-19-15)25-14-5-3-13(4-6-14)21-16(23)12-2-1-9-22(24)11-12/h1-2,7-9,11,13-14H,3-6H2,(H,21,23). The molecule has 0 bridgehead atoms. The molecule has 0 spiro atoms. The fourth-order valence-corrected chi connectivity index (χ4v) is 2.83. The molecule has 128 valence electrons. The second-order valence-corrected chi connectivity index (χ2v) is 5.84. The lowest BCUT2D eigenvalue weighted by atomic mass is 9.92. The highest BCUT2D eigenvalue weighted by molar-refractivity contribution is 5.93. The molecule has 1 N–H and O–H groups in total. The molecule has 1 amide bonds. The van der Waals surface area contributed by atoms with Crippen LogP contribution in [0.1, 0.15) is 41.7 Å². The first kappa shape index (κ1) is 16.6. The second kappa shape index (κ2) is 7.57. The van der Waals surface area contributed by atoms with Gasteiger partial charge in [0.2, 0.25) is 5.69 Å². The Kier molecular flexibility index (Phi) is 5.04. The number of aromatic nitrogens is 3. The Balaban J connectivity index is 1.52. The summed E-state index contributed by atoms with van der Waals surface area (Å²) in [5.41, 5.74) is 0.516. The zero-order chi connectivity index (χ0) is 17.6. The fraction of sp³-hybridized carbons (Fsp3) is 0.353. The van der Waals surface area contributed by atoms with Gasteiger partial charge in [-0.05, 0) is 31.7 Å². The smallest absolute Gasteiger partial charge is 0.257 e. The lowest BCUT2D eigenvalue weighted by Gasteiger charge is -2.29. The number of carbonyl (C=O) groups excluding carboxylic acids is 1. The van der Waals surface area contributed by atoms with Crippen molar-refractivity contribution in [3.63, 3.8) is 0 Å². The predicted molar refractivity (Wildman–Crippen MR) is 86.3 cm³/mol. The number of ether oxygens (including phenoxy) is 1. The lowest BCUT2D eigenvalue weighted by molar-refractivity contribution is -0.605. The molecule has 0 radical (unpaired) electrons. The summed E-state index contributed by atoms with van der Waals surface area (Å²) >= 11 is 0. The van der Waals surface area contributed by atoms with Crippen molar-refractivity contribution in [2.24, 2.45) is 0 Å². The van der Waals surface area contributed by atoms with Crippen LogP contribution in [-0.2, 0) is 0 Å². The van der Waals surface area contributed by atoms with Gasteiger partial charge in [-0.25, -0.2) is 9.97 Å². The second-order valence-electron chi connectivity index (χ2n) is 5.84. The largest absolute Gasteiger partial charge is 0.619 e. The van der Waals surface area contributed by atoms with E-state index in [2.05, 4.69) is 15.3 Å². The molecule has 25 heavy (non-hydrogen) atoms. The first-order valence-corrected chi connectivity index (χ1v) is 8.03. The first-order chi connectivity index (χ1) is 12.2. The van der Waals surface area contributed by atoms with E-state index in [0.717, 1.165) is 25.7 Å². The third-order valence-corrected chi connectivity index (χ3v) is 4.10. The molecule has 8 nitrogen and oxygen atoms in total. The van der Waals surface area contributed by atoms with E-state index in [9.17, 15) is 10.0 Å². The number of hydrogen-bond acceptors (Lipinski definition) is 6. The van der Waals surface area contributed by atoms with Gasteiger partial charge in [0.1, 0.15) is 17.7 Å². The monoisotopic (exact) mass is 339 g/mol. The summed E-state index contributed by atoms with van der Waals surface area (Å²) in [7, 11) is 0. The average Bonchev–Trinajstić information content (AvgIpc) is 2.64. The van der Waals surface area contributed by atoms with Crippen molar-refractivity contribution in [1.82, 2.24) is 15.3 Å². The Bertz CT molecular complexity index is 797. The number of nitrogens with zero attached hydrogens (tertiary/aromatic N) is 4. The van der Waals surface area contributed by atoms with Gasteiger partial charge < -0.3 is 15.3 Å². The molecule has 0 aliphatic heterocycles. The van der Waals surface area contributed by atoms with E-state index in [-0.39, 0.29) is 29.6 Å². The first-order valence-electron chi connectivity index (χ1n) is 8.03. The maximum Gasteiger partial charge on any atom is 0.257 e. The van der Waals surface area contributed by atoms with E-state index in [1.165, 1.54) is 24.8 Å². The minimum Gasteiger partial charge on any atom is -0.619 e. The summed E-state index contributed by atoms with van der Waals surface area (Å²) in [6.45, 7) is 0. The molecule has 2 aromatic rings. The van der Waals surface area contributed by atoms with Crippen molar-refractivity contribution < 1.29 is 14.3 Å². The molecule has 0 aromatic carbocycles. The van der Waals surface area contributed by atoms with Gasteiger partial charge in [0, 0.05) is 24.5 Å². The van der Waals surface area contributed by atoms with E-state index in [4.69, 9.17) is 10.00 Å². The number of amides is 1. The molecule has 2 heterocycles. The van der Waals surface area contributed by atoms with Crippen LogP contribution in [-0.4, -0.2) is 28.0 Å². The Morgan fingerprint density at radius 2 is 2.08 bits per heavy atom. The summed E-state index contributed by atoms with van der Waals surface area (Å²) in [5, 5.41) is 23.2. The summed E-state index contributed by atoms with van der Waals surface area (Å²) in [6.07, 6.45) is 8.45. The van der Waals surface area contributed by atoms with Gasteiger partial charge in [0.25, 0.3) is 11.8 Å². The quantitative estimate of drug-likeness (QED) is 0.659. The molecule has 8 heteroatoms. The highest BCUT2D eigenvalue weighted by atomic mass is 16.5. The van der Waals surface area contributed by atoms with Crippen LogP contribution in [0.5, 0.6) is 5.88 Å². The maximum atomic E-state index is 12.2. The number of rotatable bonds is 4. The van der Waals surface area contributed by atoms with Crippen LogP contribution in [0.3, 0.4) is 0 Å². The van der Waals surface area contributed by atoms with Crippen LogP contribution in [0.2, 0.25) is 0 Å². The van der Waals surface area contributed by atoms with E-state index < -0.39 is 0 Å². The molecule has 1 aliphatic rings. The molecular formula is C17H17N5O3. The van der Waals surface area contributed by atoms with Gasteiger partial charge in [-0.2, -0.15) is 9.99 Å². The molecule has 1 saturated carbocycles. The number of nitrogens with one attached hydrogen (secondary N) is 1. The normalized spacial score (nSPS) is 19.6. The van der Waals surface area contributed by atoms with Gasteiger partial charge in [-0.15, -0.1) is 0 Å². The average molecular weight is 339 g/mol. The van der Waals surface area contributed by atoms with Crippen LogP contribution in [0, 0.1) is 16.5 Å². The van der Waals surface area contributed by atoms with Crippen molar-refractivity contribution >= 4 is 5.91 Å². The van der Waals surface area contributed by atoms with Crippen molar-refractivity contribution in [2.45, 2.75) is 37.8 Å². The van der Waals surface area contributed by atoms with Gasteiger partial charge >= 0.3 is 0 Å². The Labute approximate surface area is 144 Å². The third kappa shape index (κ3) is 4.20. The summed E-state index contributed by atoms with van der Waals surface area (Å²) in [6, 6.07) is 5.14. The van der Waals surface area contributed by atoms with Crippen LogP contribution in [0.25, 0.3) is 0 Å². The molecule has 0 unspecified atom stereocenters. The zero-order valence-electron chi connectivity index (χ0n) is 13.5. The van der Waals surface area contributed by atoms with Crippen LogP contribution in [0.4, 0.5) is 0 Å². The Hall–Kier alpha value is -3.21. The van der Waals surface area contributed by atoms with E-state index in [1.54, 1.807) is 12.1 Å². The summed E-state index contributed by atoms with van der Waals surface area (Å²) < 4.78 is 6.38. The number of hydrogen-bond donors (Lipinski definition) is 1. The van der Waals surface area contributed by atoms with E-state index in [0.29, 0.717) is 10.3 Å². The van der Waals surface area contributed by atoms with Gasteiger partial charge in [0.15, 0.2) is 12.4 Å². The third-order valence-electron chi connectivity index (χ3n) is 4.10. The van der Waals surface area contributed by atoms with Gasteiger partial charge in [0.05, 0.1) is 0 Å². The SMILES string of the molecule is N#Cc1nccnc1OC1CCC(NC(=O)c2ccc[n+]([O-])c2)CC1. The van der Waals surface area contributed by atoms with E-state index >= 15 is 0 Å². The minimum absolute atomic E-state index is 0.0324. The minimum atomic E-state index is -0.254. The maximum absolute atomic E-state index is 12.2. The lowest BCUT2D eigenvalue weighted by Crippen LogP contribution is -2.40. The number of pyridine rings is 1. The molecular weight excluding hydrogens is 322 g/mol. The molecule has 0 atom stereocenters. The predicted octanol–water partition coefficient (Wildman–Crippen LogP) is 1.10. The van der Waals surface area contributed by atoms with Crippen molar-refractivity contribution in [1.29, 1.82) is 5.26 Å². The highest BCUT2D eigenvalue weighted by Gasteiger charge is 2.25. The molecule has 0 saturated heterocycles. The highest BCUT2D eigenvalue weighted by Crippen LogP contribution is 2.24. The molecule has 1 aliphatic carbocycles. The zero-order valence-corrected chi connectivity index (χ0v) is 13.5. The van der Waals surface area contributed by atoms with E-state index in [1.807, 2.05) is 6.07 Å². The molecule has 3 rings (SSSR count). The van der Waals surface area contributed by atoms with Gasteiger partial charge in [-0.3, -0.25) is 4.79 Å². The summed E-state index contributed by atoms with van der Waals surface area (Å²) in [5.74, 6) is -0.00275. The Morgan fingerprint density at radius 3 is 2.80 bits per heavy atom. The van der Waals surface area contributed by atoms with Crippen LogP contribution in [0.15, 0.2) is 36.9 Å². The fourth-order valence-electron chi connectivity index (χ4n) is 2.83. The van der Waals surface area contributed by atoms with Crippen molar-refractivity contribution in [3.8, 4) is 11.9 Å². The van der Waals surface area contributed by atoms with Crippen molar-refractivity contribution in [3.05, 3.63) is 53.4 Å². The topological polar surface area (TPSA) is 115 Å². The van der Waals surface area contributed by atoms with Crippen LogP contribution < -0.4 is 14.8 Å². The molecule has 1 fully saturated rings. The number of carbonyl (C=O) groups is 1. The summed E-state index contributed by atoms with van der Waals surface area (Å²) in [4.78, 5) is 20.1. The van der Waals surface area contributed by atoms with Crippen LogP contribution >= 0.6 is 0 Å². The van der Waals surface area contributed by atoms with Gasteiger partial charge in [-0.1, -0.05) is 0 Å². The van der Waals surface area contributed by atoms with Crippen molar-refractivity contribution in [2.75, 3.05) is 0 Å².